The minimum atomic E-state index is -0.211. The van der Waals surface area contributed by atoms with Crippen LogP contribution in [0.2, 0.25) is 0 Å². The van der Waals surface area contributed by atoms with Gasteiger partial charge < -0.3 is 9.15 Å². The molecular weight excluding hydrogens is 330 g/mol. The van der Waals surface area contributed by atoms with Crippen molar-refractivity contribution in [2.75, 3.05) is 12.4 Å². The van der Waals surface area contributed by atoms with Crippen LogP contribution in [0.4, 0.5) is 6.01 Å². The largest absolute Gasteiger partial charge is 0.496 e. The summed E-state index contributed by atoms with van der Waals surface area (Å²) in [4.78, 5) is 12.2. The van der Waals surface area contributed by atoms with Crippen molar-refractivity contribution in [1.29, 1.82) is 0 Å². The molecule has 0 aliphatic rings. The maximum absolute atomic E-state index is 12.2. The molecule has 1 heterocycles. The van der Waals surface area contributed by atoms with Crippen molar-refractivity contribution in [3.63, 3.8) is 0 Å². The van der Waals surface area contributed by atoms with Crippen molar-refractivity contribution < 1.29 is 13.9 Å². The van der Waals surface area contributed by atoms with E-state index in [1.165, 1.54) is 5.56 Å². The fourth-order valence-electron chi connectivity index (χ4n) is 2.57. The zero-order valence-electron chi connectivity index (χ0n) is 15.0. The minimum absolute atomic E-state index is 0.0645. The van der Waals surface area contributed by atoms with Gasteiger partial charge in [-0.3, -0.25) is 10.1 Å². The topological polar surface area (TPSA) is 77.3 Å². The summed E-state index contributed by atoms with van der Waals surface area (Å²) in [5, 5.41) is 10.5. The van der Waals surface area contributed by atoms with Crippen molar-refractivity contribution in [1.82, 2.24) is 10.2 Å². The van der Waals surface area contributed by atoms with E-state index in [1.807, 2.05) is 42.5 Å². The number of benzene rings is 2. The number of carbonyl (C=O) groups is 1. The number of aromatic nitrogens is 2. The Labute approximate surface area is 152 Å². The van der Waals surface area contributed by atoms with E-state index in [9.17, 15) is 4.79 Å². The summed E-state index contributed by atoms with van der Waals surface area (Å²) in [7, 11) is 1.57. The summed E-state index contributed by atoms with van der Waals surface area (Å²) in [5.74, 6) is 1.17. The van der Waals surface area contributed by atoms with Crippen molar-refractivity contribution in [2.24, 2.45) is 0 Å². The van der Waals surface area contributed by atoms with E-state index in [-0.39, 0.29) is 18.3 Å². The Morgan fingerprint density at radius 2 is 1.85 bits per heavy atom. The maximum atomic E-state index is 12.2. The third kappa shape index (κ3) is 4.08. The zero-order valence-corrected chi connectivity index (χ0v) is 15.0. The van der Waals surface area contributed by atoms with Gasteiger partial charge in [0, 0.05) is 0 Å². The molecule has 0 saturated carbocycles. The third-order valence-corrected chi connectivity index (χ3v) is 4.02. The summed E-state index contributed by atoms with van der Waals surface area (Å²) in [6, 6.07) is 15.4. The molecule has 6 nitrogen and oxygen atoms in total. The Balaban J connectivity index is 1.66. The Morgan fingerprint density at radius 1 is 1.12 bits per heavy atom. The first-order valence-corrected chi connectivity index (χ1v) is 8.42. The van der Waals surface area contributed by atoms with E-state index >= 15 is 0 Å². The predicted molar refractivity (Wildman–Crippen MR) is 99.2 cm³/mol. The van der Waals surface area contributed by atoms with Crippen molar-refractivity contribution in [3.05, 3.63) is 59.7 Å². The van der Waals surface area contributed by atoms with E-state index in [0.717, 1.165) is 5.56 Å². The van der Waals surface area contributed by atoms with E-state index in [0.29, 0.717) is 23.1 Å². The fraction of sp³-hybridized carbons (Fsp3) is 0.250. The van der Waals surface area contributed by atoms with Crippen LogP contribution in [-0.4, -0.2) is 23.2 Å². The molecule has 134 valence electrons. The molecular formula is C20H21N3O3. The Hall–Kier alpha value is -3.15. The Bertz CT molecular complexity index is 885. The number of nitrogens with zero attached hydrogens (tertiary/aromatic N) is 2. The number of hydrogen-bond donors (Lipinski definition) is 1. The van der Waals surface area contributed by atoms with Gasteiger partial charge in [0.05, 0.1) is 19.1 Å². The van der Waals surface area contributed by atoms with Gasteiger partial charge in [-0.1, -0.05) is 55.3 Å². The first-order valence-electron chi connectivity index (χ1n) is 8.42. The molecule has 3 rings (SSSR count). The SMILES string of the molecule is COc1ccccc1-c1nnc(NC(=O)Cc2ccc(C(C)C)cc2)o1. The number of nitrogens with one attached hydrogen (secondary N) is 1. The quantitative estimate of drug-likeness (QED) is 0.725. The summed E-state index contributed by atoms with van der Waals surface area (Å²) < 4.78 is 10.8. The lowest BCUT2D eigenvalue weighted by Gasteiger charge is -2.06. The fourth-order valence-corrected chi connectivity index (χ4v) is 2.57. The molecule has 1 amide bonds. The molecule has 0 bridgehead atoms. The summed E-state index contributed by atoms with van der Waals surface area (Å²) in [6.07, 6.45) is 0.241. The van der Waals surface area contributed by atoms with Crippen LogP contribution >= 0.6 is 0 Å². The number of carbonyl (C=O) groups excluding carboxylic acids is 1. The van der Waals surface area contributed by atoms with Gasteiger partial charge in [-0.05, 0) is 29.2 Å². The highest BCUT2D eigenvalue weighted by Crippen LogP contribution is 2.29. The second-order valence-electron chi connectivity index (χ2n) is 6.23. The smallest absolute Gasteiger partial charge is 0.322 e. The normalized spacial score (nSPS) is 10.8. The second kappa shape index (κ2) is 7.82. The Kier molecular flexibility index (Phi) is 5.31. The number of methoxy groups -OCH3 is 1. The summed E-state index contributed by atoms with van der Waals surface area (Å²) in [6.45, 7) is 4.27. The second-order valence-corrected chi connectivity index (χ2v) is 6.23. The van der Waals surface area contributed by atoms with Gasteiger partial charge >= 0.3 is 6.01 Å². The highest BCUT2D eigenvalue weighted by atomic mass is 16.5. The van der Waals surface area contributed by atoms with Crippen molar-refractivity contribution in [2.45, 2.75) is 26.2 Å². The van der Waals surface area contributed by atoms with Crippen molar-refractivity contribution in [3.8, 4) is 17.2 Å². The molecule has 0 aliphatic carbocycles. The number of hydrogen-bond acceptors (Lipinski definition) is 5. The van der Waals surface area contributed by atoms with Crippen LogP contribution in [0.25, 0.3) is 11.5 Å². The predicted octanol–water partition coefficient (Wildman–Crippen LogP) is 4.05. The van der Waals surface area contributed by atoms with Gasteiger partial charge in [0.2, 0.25) is 5.91 Å². The van der Waals surface area contributed by atoms with Crippen LogP contribution in [0.3, 0.4) is 0 Å². The number of amides is 1. The third-order valence-electron chi connectivity index (χ3n) is 4.02. The molecule has 0 saturated heterocycles. The molecule has 0 aliphatic heterocycles. The van der Waals surface area contributed by atoms with Gasteiger partial charge in [0.15, 0.2) is 0 Å². The molecule has 26 heavy (non-hydrogen) atoms. The summed E-state index contributed by atoms with van der Waals surface area (Å²) in [5.41, 5.74) is 2.84. The average molecular weight is 351 g/mol. The molecule has 0 radical (unpaired) electrons. The van der Waals surface area contributed by atoms with Crippen LogP contribution in [0.15, 0.2) is 52.9 Å². The van der Waals surface area contributed by atoms with Crippen LogP contribution in [0.1, 0.15) is 30.9 Å². The molecule has 0 unspecified atom stereocenters. The van der Waals surface area contributed by atoms with Crippen LogP contribution in [0, 0.1) is 0 Å². The standard InChI is InChI=1S/C20H21N3O3/c1-13(2)15-10-8-14(9-11-15)12-18(24)21-20-23-22-19(26-20)16-6-4-5-7-17(16)25-3/h4-11,13H,12H2,1-3H3,(H,21,23,24). The van der Waals surface area contributed by atoms with Gasteiger partial charge in [-0.15, -0.1) is 5.10 Å². The van der Waals surface area contributed by atoms with Crippen molar-refractivity contribution >= 4 is 11.9 Å². The van der Waals surface area contributed by atoms with Crippen LogP contribution in [-0.2, 0) is 11.2 Å². The first kappa shape index (κ1) is 17.7. The van der Waals surface area contributed by atoms with E-state index in [4.69, 9.17) is 9.15 Å². The molecule has 0 fully saturated rings. The molecule has 6 heteroatoms. The number of anilines is 1. The lowest BCUT2D eigenvalue weighted by atomic mass is 10.0. The van der Waals surface area contributed by atoms with Crippen LogP contribution in [0.5, 0.6) is 5.75 Å². The Morgan fingerprint density at radius 3 is 2.54 bits per heavy atom. The lowest BCUT2D eigenvalue weighted by molar-refractivity contribution is -0.115. The first-order chi connectivity index (χ1) is 12.6. The molecule has 2 aromatic carbocycles. The number of ether oxygens (including phenoxy) is 1. The number of rotatable bonds is 6. The monoisotopic (exact) mass is 351 g/mol. The number of para-hydroxylation sites is 1. The zero-order chi connectivity index (χ0) is 18.5. The van der Waals surface area contributed by atoms with Gasteiger partial charge in [0.25, 0.3) is 5.89 Å². The maximum Gasteiger partial charge on any atom is 0.322 e. The van der Waals surface area contributed by atoms with E-state index in [1.54, 1.807) is 13.2 Å². The van der Waals surface area contributed by atoms with Crippen LogP contribution < -0.4 is 10.1 Å². The minimum Gasteiger partial charge on any atom is -0.496 e. The van der Waals surface area contributed by atoms with Gasteiger partial charge in [-0.25, -0.2) is 0 Å². The molecule has 0 spiro atoms. The molecule has 1 aromatic heterocycles. The molecule has 0 atom stereocenters. The van der Waals surface area contributed by atoms with E-state index in [2.05, 4.69) is 29.4 Å². The average Bonchev–Trinajstić information content (AvgIpc) is 3.10. The highest BCUT2D eigenvalue weighted by molar-refractivity contribution is 5.90. The molecule has 3 aromatic rings. The van der Waals surface area contributed by atoms with Gasteiger partial charge in [0.1, 0.15) is 5.75 Å². The highest BCUT2D eigenvalue weighted by Gasteiger charge is 2.14. The lowest BCUT2D eigenvalue weighted by Crippen LogP contribution is -2.14. The van der Waals surface area contributed by atoms with Gasteiger partial charge in [-0.2, -0.15) is 0 Å². The molecule has 1 N–H and O–H groups in total. The van der Waals surface area contributed by atoms with E-state index < -0.39 is 0 Å². The summed E-state index contributed by atoms with van der Waals surface area (Å²) >= 11 is 0.